The Morgan fingerprint density at radius 3 is 2.64 bits per heavy atom. The molecule has 0 fully saturated rings. The molecule has 0 aliphatic heterocycles. The van der Waals surface area contributed by atoms with E-state index in [1.54, 1.807) is 6.08 Å². The molecular formula is C10H20O. The van der Waals surface area contributed by atoms with E-state index in [0.29, 0.717) is 5.92 Å². The van der Waals surface area contributed by atoms with E-state index in [-0.39, 0.29) is 6.10 Å². The zero-order valence-electron chi connectivity index (χ0n) is 7.71. The fraction of sp³-hybridized carbons (Fsp3) is 0.800. The highest BCUT2D eigenvalue weighted by molar-refractivity contribution is 4.79. The quantitative estimate of drug-likeness (QED) is 0.586. The molecule has 0 heterocycles. The Labute approximate surface area is 70.1 Å². The van der Waals surface area contributed by atoms with E-state index < -0.39 is 0 Å². The van der Waals surface area contributed by atoms with Gasteiger partial charge in [0.05, 0.1) is 6.10 Å². The summed E-state index contributed by atoms with van der Waals surface area (Å²) in [6, 6.07) is 0. The van der Waals surface area contributed by atoms with E-state index in [1.807, 2.05) is 0 Å². The van der Waals surface area contributed by atoms with Crippen molar-refractivity contribution >= 4 is 0 Å². The van der Waals surface area contributed by atoms with Gasteiger partial charge >= 0.3 is 0 Å². The minimum atomic E-state index is -0.304. The van der Waals surface area contributed by atoms with Crippen LogP contribution in [0, 0.1) is 5.92 Å². The summed E-state index contributed by atoms with van der Waals surface area (Å²) in [7, 11) is 0. The molecular weight excluding hydrogens is 136 g/mol. The third-order valence-corrected chi connectivity index (χ3v) is 1.97. The fourth-order valence-corrected chi connectivity index (χ4v) is 1.18. The summed E-state index contributed by atoms with van der Waals surface area (Å²) >= 11 is 0. The Bertz CT molecular complexity index is 99.0. The molecule has 0 saturated carbocycles. The molecule has 0 rings (SSSR count). The lowest BCUT2D eigenvalue weighted by atomic mass is 9.98. The Balaban J connectivity index is 3.34. The molecule has 0 aromatic carbocycles. The zero-order chi connectivity index (χ0) is 8.69. The van der Waals surface area contributed by atoms with Crippen molar-refractivity contribution in [3.05, 3.63) is 12.7 Å². The second-order valence-electron chi connectivity index (χ2n) is 3.29. The molecule has 0 amide bonds. The lowest BCUT2D eigenvalue weighted by Gasteiger charge is -2.12. The topological polar surface area (TPSA) is 20.2 Å². The van der Waals surface area contributed by atoms with E-state index in [9.17, 15) is 5.11 Å². The molecule has 1 N–H and O–H groups in total. The van der Waals surface area contributed by atoms with Crippen LogP contribution in [0.2, 0.25) is 0 Å². The van der Waals surface area contributed by atoms with Crippen molar-refractivity contribution in [3.8, 4) is 0 Å². The Morgan fingerprint density at radius 1 is 1.55 bits per heavy atom. The van der Waals surface area contributed by atoms with Crippen LogP contribution < -0.4 is 0 Å². The maximum absolute atomic E-state index is 9.21. The van der Waals surface area contributed by atoms with Gasteiger partial charge in [-0.1, -0.05) is 39.2 Å². The second kappa shape index (κ2) is 6.41. The van der Waals surface area contributed by atoms with Crippen LogP contribution in [0.5, 0.6) is 0 Å². The van der Waals surface area contributed by atoms with Crippen molar-refractivity contribution in [1.29, 1.82) is 0 Å². The first-order valence-electron chi connectivity index (χ1n) is 4.51. The molecule has 11 heavy (non-hydrogen) atoms. The predicted octanol–water partition coefficient (Wildman–Crippen LogP) is 2.75. The number of hydrogen-bond acceptors (Lipinski definition) is 1. The van der Waals surface area contributed by atoms with Crippen LogP contribution in [0.25, 0.3) is 0 Å². The maximum atomic E-state index is 9.21. The maximum Gasteiger partial charge on any atom is 0.0720 e. The summed E-state index contributed by atoms with van der Waals surface area (Å²) in [5.74, 6) is 0.628. The number of rotatable bonds is 6. The molecule has 0 aliphatic carbocycles. The molecule has 0 unspecified atom stereocenters. The first-order chi connectivity index (χ1) is 5.20. The van der Waals surface area contributed by atoms with Crippen molar-refractivity contribution in [2.45, 2.75) is 45.6 Å². The van der Waals surface area contributed by atoms with Gasteiger partial charge in [-0.2, -0.15) is 0 Å². The smallest absolute Gasteiger partial charge is 0.0720 e. The minimum Gasteiger partial charge on any atom is -0.389 e. The lowest BCUT2D eigenvalue weighted by molar-refractivity contribution is 0.187. The molecule has 1 heteroatoms. The first kappa shape index (κ1) is 10.7. The van der Waals surface area contributed by atoms with Crippen molar-refractivity contribution in [1.82, 2.24) is 0 Å². The molecule has 0 aliphatic rings. The molecule has 0 aromatic heterocycles. The Hall–Kier alpha value is -0.300. The van der Waals surface area contributed by atoms with E-state index in [1.165, 1.54) is 19.3 Å². The normalized spacial score (nSPS) is 15.9. The standard InChI is InChI=1S/C10H20O/c1-4-6-7-9(3)8-10(11)5-2/h5,9-11H,2,4,6-8H2,1,3H3/t9-,10+/m0/s1. The van der Waals surface area contributed by atoms with Crippen molar-refractivity contribution in [3.63, 3.8) is 0 Å². The highest BCUT2D eigenvalue weighted by Crippen LogP contribution is 2.13. The van der Waals surface area contributed by atoms with Gasteiger partial charge in [-0.3, -0.25) is 0 Å². The van der Waals surface area contributed by atoms with Crippen LogP contribution in [-0.2, 0) is 0 Å². The van der Waals surface area contributed by atoms with Gasteiger partial charge in [0.1, 0.15) is 0 Å². The molecule has 0 aromatic rings. The lowest BCUT2D eigenvalue weighted by Crippen LogP contribution is -2.08. The van der Waals surface area contributed by atoms with Crippen LogP contribution in [0.15, 0.2) is 12.7 Å². The molecule has 0 spiro atoms. The monoisotopic (exact) mass is 156 g/mol. The van der Waals surface area contributed by atoms with Gasteiger partial charge in [0, 0.05) is 0 Å². The van der Waals surface area contributed by atoms with Crippen LogP contribution in [0.3, 0.4) is 0 Å². The van der Waals surface area contributed by atoms with Gasteiger partial charge < -0.3 is 5.11 Å². The van der Waals surface area contributed by atoms with Crippen molar-refractivity contribution in [2.24, 2.45) is 5.92 Å². The summed E-state index contributed by atoms with van der Waals surface area (Å²) in [6.07, 6.45) is 5.91. The minimum absolute atomic E-state index is 0.304. The zero-order valence-corrected chi connectivity index (χ0v) is 7.71. The number of hydrogen-bond donors (Lipinski definition) is 1. The fourth-order valence-electron chi connectivity index (χ4n) is 1.18. The van der Waals surface area contributed by atoms with Crippen LogP contribution in [-0.4, -0.2) is 11.2 Å². The summed E-state index contributed by atoms with van der Waals surface area (Å²) in [4.78, 5) is 0. The number of aliphatic hydroxyl groups is 1. The summed E-state index contributed by atoms with van der Waals surface area (Å²) in [5, 5.41) is 9.21. The van der Waals surface area contributed by atoms with E-state index in [2.05, 4.69) is 20.4 Å². The molecule has 0 radical (unpaired) electrons. The van der Waals surface area contributed by atoms with Crippen molar-refractivity contribution < 1.29 is 5.11 Å². The average Bonchev–Trinajstić information content (AvgIpc) is 2.00. The van der Waals surface area contributed by atoms with E-state index in [0.717, 1.165) is 6.42 Å². The van der Waals surface area contributed by atoms with Crippen molar-refractivity contribution in [2.75, 3.05) is 0 Å². The SMILES string of the molecule is C=C[C@@H](O)C[C@@H](C)CCCC. The first-order valence-corrected chi connectivity index (χ1v) is 4.51. The van der Waals surface area contributed by atoms with Gasteiger partial charge in [-0.05, 0) is 12.3 Å². The van der Waals surface area contributed by atoms with Gasteiger partial charge in [-0.25, -0.2) is 0 Å². The molecule has 0 saturated heterocycles. The Morgan fingerprint density at radius 2 is 2.18 bits per heavy atom. The predicted molar refractivity (Wildman–Crippen MR) is 49.5 cm³/mol. The third kappa shape index (κ3) is 6.11. The third-order valence-electron chi connectivity index (χ3n) is 1.97. The molecule has 2 atom stereocenters. The summed E-state index contributed by atoms with van der Waals surface area (Å²) in [5.41, 5.74) is 0. The van der Waals surface area contributed by atoms with E-state index >= 15 is 0 Å². The van der Waals surface area contributed by atoms with E-state index in [4.69, 9.17) is 0 Å². The Kier molecular flexibility index (Phi) is 6.24. The van der Waals surface area contributed by atoms with Gasteiger partial charge in [-0.15, -0.1) is 6.58 Å². The largest absolute Gasteiger partial charge is 0.389 e. The second-order valence-corrected chi connectivity index (χ2v) is 3.29. The van der Waals surface area contributed by atoms with Crippen LogP contribution in [0.4, 0.5) is 0 Å². The summed E-state index contributed by atoms with van der Waals surface area (Å²) < 4.78 is 0. The van der Waals surface area contributed by atoms with Crippen LogP contribution >= 0.6 is 0 Å². The average molecular weight is 156 g/mol. The molecule has 66 valence electrons. The van der Waals surface area contributed by atoms with Gasteiger partial charge in [0.2, 0.25) is 0 Å². The molecule has 0 bridgehead atoms. The number of unbranched alkanes of at least 4 members (excludes halogenated alkanes) is 1. The highest BCUT2D eigenvalue weighted by atomic mass is 16.3. The van der Waals surface area contributed by atoms with Crippen LogP contribution in [0.1, 0.15) is 39.5 Å². The molecule has 1 nitrogen and oxygen atoms in total. The van der Waals surface area contributed by atoms with Gasteiger partial charge in [0.25, 0.3) is 0 Å². The summed E-state index contributed by atoms with van der Waals surface area (Å²) in [6.45, 7) is 7.92. The van der Waals surface area contributed by atoms with Gasteiger partial charge in [0.15, 0.2) is 0 Å². The number of aliphatic hydroxyl groups excluding tert-OH is 1. The highest BCUT2D eigenvalue weighted by Gasteiger charge is 2.05.